The van der Waals surface area contributed by atoms with E-state index in [2.05, 4.69) is 20.8 Å². The van der Waals surface area contributed by atoms with Crippen LogP contribution >= 0.6 is 0 Å². The van der Waals surface area contributed by atoms with Gasteiger partial charge in [-0.1, -0.05) is 30.3 Å². The summed E-state index contributed by atoms with van der Waals surface area (Å²) in [4.78, 5) is 39.1. The lowest BCUT2D eigenvalue weighted by Gasteiger charge is -2.29. The number of nitrogens with zero attached hydrogens (tertiary/aromatic N) is 2. The number of aliphatic carboxylic acids is 1. The Balaban J connectivity index is 1.36. The van der Waals surface area contributed by atoms with E-state index in [1.54, 1.807) is 4.90 Å². The Morgan fingerprint density at radius 2 is 2.03 bits per heavy atom. The fourth-order valence-electron chi connectivity index (χ4n) is 4.84. The van der Waals surface area contributed by atoms with Gasteiger partial charge in [0.25, 0.3) is 0 Å². The second-order valence-electron chi connectivity index (χ2n) is 8.93. The fraction of sp³-hybridized carbons (Fsp3) is 0.500. The molecule has 4 rings (SSSR count). The molecule has 0 spiro atoms. The van der Waals surface area contributed by atoms with Crippen LogP contribution in [0, 0.1) is 5.92 Å². The number of carboxylic acids is 1. The molecule has 9 heteroatoms. The minimum atomic E-state index is -1.02. The van der Waals surface area contributed by atoms with Crippen molar-refractivity contribution in [1.82, 2.24) is 25.7 Å². The van der Waals surface area contributed by atoms with Gasteiger partial charge in [0.05, 0.1) is 18.8 Å². The Hall–Kier alpha value is -3.20. The van der Waals surface area contributed by atoms with E-state index >= 15 is 0 Å². The standard InChI is InChI=1S/C24H31N5O4/c30-22(31)15-25-20(12-16-5-2-1-3-6-16)24(33)29-10-4-7-21(29)23(32)26-13-17-8-9-19-18(11-17)14-27-28-19/h1-3,5-6,14,17,20-21,25H,4,7-13,15H2,(H,26,32)(H,27,28)(H,30,31)/t17?,20-,21+/m1/s1. The highest BCUT2D eigenvalue weighted by atomic mass is 16.4. The average Bonchev–Trinajstić information content (AvgIpc) is 3.49. The lowest BCUT2D eigenvalue weighted by Crippen LogP contribution is -2.54. The molecule has 1 saturated heterocycles. The third-order valence-corrected chi connectivity index (χ3v) is 6.60. The number of rotatable bonds is 9. The van der Waals surface area contributed by atoms with Gasteiger partial charge >= 0.3 is 5.97 Å². The van der Waals surface area contributed by atoms with Gasteiger partial charge in [-0.25, -0.2) is 0 Å². The van der Waals surface area contributed by atoms with Gasteiger partial charge in [0.1, 0.15) is 6.04 Å². The van der Waals surface area contributed by atoms with Crippen molar-refractivity contribution in [3.05, 3.63) is 53.3 Å². The van der Waals surface area contributed by atoms with Crippen molar-refractivity contribution in [2.45, 2.75) is 50.6 Å². The highest BCUT2D eigenvalue weighted by molar-refractivity contribution is 5.90. The number of carbonyl (C=O) groups is 3. The van der Waals surface area contributed by atoms with Crippen molar-refractivity contribution in [3.8, 4) is 0 Å². The molecule has 2 aliphatic rings. The van der Waals surface area contributed by atoms with Crippen LogP contribution in [-0.2, 0) is 33.6 Å². The van der Waals surface area contributed by atoms with Gasteiger partial charge in [0, 0.05) is 18.8 Å². The molecule has 2 heterocycles. The molecule has 1 fully saturated rings. The zero-order chi connectivity index (χ0) is 23.2. The number of aryl methyl sites for hydroxylation is 1. The Morgan fingerprint density at radius 1 is 1.21 bits per heavy atom. The largest absolute Gasteiger partial charge is 0.480 e. The first-order valence-electron chi connectivity index (χ1n) is 11.6. The number of carbonyl (C=O) groups excluding carboxylic acids is 2. The molecule has 4 N–H and O–H groups in total. The normalized spacial score (nSPS) is 20.8. The molecule has 1 aliphatic heterocycles. The summed E-state index contributed by atoms with van der Waals surface area (Å²) in [6, 6.07) is 8.27. The van der Waals surface area contributed by atoms with Crippen LogP contribution in [0.2, 0.25) is 0 Å². The van der Waals surface area contributed by atoms with E-state index in [0.29, 0.717) is 31.8 Å². The summed E-state index contributed by atoms with van der Waals surface area (Å²) in [5.41, 5.74) is 3.33. The average molecular weight is 454 g/mol. The van der Waals surface area contributed by atoms with Crippen molar-refractivity contribution in [3.63, 3.8) is 0 Å². The number of amides is 2. The maximum Gasteiger partial charge on any atom is 0.317 e. The molecule has 3 atom stereocenters. The number of likely N-dealkylation sites (tertiary alicyclic amines) is 1. The number of benzene rings is 1. The third-order valence-electron chi connectivity index (χ3n) is 6.60. The molecule has 2 amide bonds. The van der Waals surface area contributed by atoms with Crippen LogP contribution in [0.15, 0.2) is 36.5 Å². The van der Waals surface area contributed by atoms with E-state index in [4.69, 9.17) is 5.11 Å². The predicted octanol–water partition coefficient (Wildman–Crippen LogP) is 0.907. The minimum Gasteiger partial charge on any atom is -0.480 e. The molecule has 33 heavy (non-hydrogen) atoms. The Bertz CT molecular complexity index is 976. The van der Waals surface area contributed by atoms with E-state index in [1.165, 1.54) is 11.3 Å². The summed E-state index contributed by atoms with van der Waals surface area (Å²) in [5, 5.41) is 22.2. The Kier molecular flexibility index (Phi) is 7.39. The zero-order valence-corrected chi connectivity index (χ0v) is 18.6. The summed E-state index contributed by atoms with van der Waals surface area (Å²) >= 11 is 0. The first-order chi connectivity index (χ1) is 16.0. The second-order valence-corrected chi connectivity index (χ2v) is 8.93. The number of nitrogens with one attached hydrogen (secondary N) is 3. The van der Waals surface area contributed by atoms with Gasteiger partial charge in [0.2, 0.25) is 11.8 Å². The molecular formula is C24H31N5O4. The van der Waals surface area contributed by atoms with Crippen LogP contribution in [0.25, 0.3) is 0 Å². The molecule has 1 aromatic heterocycles. The van der Waals surface area contributed by atoms with Crippen LogP contribution in [0.4, 0.5) is 0 Å². The predicted molar refractivity (Wildman–Crippen MR) is 121 cm³/mol. The van der Waals surface area contributed by atoms with Crippen molar-refractivity contribution in [2.75, 3.05) is 19.6 Å². The Morgan fingerprint density at radius 3 is 2.82 bits per heavy atom. The smallest absolute Gasteiger partial charge is 0.317 e. The molecule has 176 valence electrons. The van der Waals surface area contributed by atoms with E-state index in [1.807, 2.05) is 36.5 Å². The van der Waals surface area contributed by atoms with Crippen molar-refractivity contribution in [2.24, 2.45) is 5.92 Å². The number of H-pyrrole nitrogens is 1. The number of aromatic nitrogens is 2. The van der Waals surface area contributed by atoms with E-state index in [0.717, 1.165) is 31.2 Å². The zero-order valence-electron chi connectivity index (χ0n) is 18.6. The maximum absolute atomic E-state index is 13.4. The second kappa shape index (κ2) is 10.6. The van der Waals surface area contributed by atoms with Gasteiger partial charge in [-0.3, -0.25) is 24.8 Å². The van der Waals surface area contributed by atoms with Gasteiger partial charge in [-0.2, -0.15) is 5.10 Å². The lowest BCUT2D eigenvalue weighted by atomic mass is 9.88. The molecule has 0 saturated carbocycles. The molecule has 1 aromatic carbocycles. The topological polar surface area (TPSA) is 127 Å². The SMILES string of the molecule is O=C(O)CN[C@H](Cc1ccccc1)C(=O)N1CCC[C@H]1C(=O)NCC1CCc2[nH]ncc2C1. The highest BCUT2D eigenvalue weighted by Crippen LogP contribution is 2.24. The lowest BCUT2D eigenvalue weighted by molar-refractivity contribution is -0.141. The van der Waals surface area contributed by atoms with Crippen LogP contribution in [0.3, 0.4) is 0 Å². The van der Waals surface area contributed by atoms with Crippen LogP contribution < -0.4 is 10.6 Å². The van der Waals surface area contributed by atoms with Crippen LogP contribution in [0.1, 0.15) is 36.1 Å². The van der Waals surface area contributed by atoms with Gasteiger partial charge < -0.3 is 15.3 Å². The highest BCUT2D eigenvalue weighted by Gasteiger charge is 2.37. The minimum absolute atomic E-state index is 0.129. The molecular weight excluding hydrogens is 422 g/mol. The van der Waals surface area contributed by atoms with Gasteiger partial charge in [-0.15, -0.1) is 0 Å². The molecule has 2 aromatic rings. The monoisotopic (exact) mass is 453 g/mol. The third kappa shape index (κ3) is 5.78. The van der Waals surface area contributed by atoms with Crippen molar-refractivity contribution >= 4 is 17.8 Å². The van der Waals surface area contributed by atoms with E-state index in [-0.39, 0.29) is 18.4 Å². The van der Waals surface area contributed by atoms with Crippen molar-refractivity contribution in [1.29, 1.82) is 0 Å². The maximum atomic E-state index is 13.4. The summed E-state index contributed by atoms with van der Waals surface area (Å²) in [7, 11) is 0. The van der Waals surface area contributed by atoms with Gasteiger partial charge in [0.15, 0.2) is 0 Å². The summed E-state index contributed by atoms with van der Waals surface area (Å²) < 4.78 is 0. The molecule has 9 nitrogen and oxygen atoms in total. The summed E-state index contributed by atoms with van der Waals surface area (Å²) in [6.07, 6.45) is 6.40. The quantitative estimate of drug-likeness (QED) is 0.447. The number of carboxylic acid groups (broad SMARTS) is 1. The Labute approximate surface area is 192 Å². The van der Waals surface area contributed by atoms with Crippen LogP contribution in [0.5, 0.6) is 0 Å². The fourth-order valence-corrected chi connectivity index (χ4v) is 4.84. The molecule has 1 unspecified atom stereocenters. The van der Waals surface area contributed by atoms with E-state index in [9.17, 15) is 14.4 Å². The summed E-state index contributed by atoms with van der Waals surface area (Å²) in [5.74, 6) is -1.02. The number of aromatic amines is 1. The molecule has 0 bridgehead atoms. The van der Waals surface area contributed by atoms with Gasteiger partial charge in [-0.05, 0) is 55.6 Å². The number of hydrogen-bond donors (Lipinski definition) is 4. The first-order valence-corrected chi connectivity index (χ1v) is 11.6. The first kappa shape index (κ1) is 23.0. The van der Waals surface area contributed by atoms with Crippen molar-refractivity contribution < 1.29 is 19.5 Å². The number of hydrogen-bond acceptors (Lipinski definition) is 5. The van der Waals surface area contributed by atoms with E-state index < -0.39 is 18.1 Å². The van der Waals surface area contributed by atoms with Crippen LogP contribution in [-0.4, -0.2) is 69.7 Å². The number of fused-ring (bicyclic) bond motifs is 1. The molecule has 1 aliphatic carbocycles. The summed E-state index contributed by atoms with van der Waals surface area (Å²) in [6.45, 7) is 0.761. The molecule has 0 radical (unpaired) electrons.